The number of nitrogens with one attached hydrogen (secondary N) is 1. The van der Waals surface area contributed by atoms with E-state index in [2.05, 4.69) is 21.2 Å². The highest BCUT2D eigenvalue weighted by molar-refractivity contribution is 9.09. The Morgan fingerprint density at radius 3 is 3.00 bits per heavy atom. The molecule has 0 aliphatic rings. The van der Waals surface area contributed by atoms with Gasteiger partial charge in [-0.25, -0.2) is 0 Å². The molecule has 0 radical (unpaired) electrons. The van der Waals surface area contributed by atoms with Gasteiger partial charge < -0.3 is 9.73 Å². The fraction of sp³-hybridized carbons (Fsp3) is 0.375. The first-order chi connectivity index (χ1) is 6.25. The van der Waals surface area contributed by atoms with Crippen molar-refractivity contribution in [2.24, 2.45) is 0 Å². The minimum absolute atomic E-state index is 0.136. The van der Waals surface area contributed by atoms with Crippen molar-refractivity contribution >= 4 is 33.4 Å². The van der Waals surface area contributed by atoms with Gasteiger partial charge in [0.05, 0.1) is 11.8 Å². The zero-order chi connectivity index (χ0) is 9.68. The molecule has 0 unspecified atom stereocenters. The van der Waals surface area contributed by atoms with Crippen molar-refractivity contribution in [2.75, 3.05) is 11.9 Å². The Balaban J connectivity index is 2.45. The maximum Gasteiger partial charge on any atom is 0.256 e. The number of halogens is 2. The summed E-state index contributed by atoms with van der Waals surface area (Å²) in [6, 6.07) is 1.55. The molecule has 0 spiro atoms. The summed E-state index contributed by atoms with van der Waals surface area (Å²) in [4.78, 5) is 11.3. The lowest BCUT2D eigenvalue weighted by molar-refractivity contribution is 0.0953. The van der Waals surface area contributed by atoms with Crippen molar-refractivity contribution in [1.82, 2.24) is 5.32 Å². The summed E-state index contributed by atoms with van der Waals surface area (Å²) >= 11 is 8.88. The smallest absolute Gasteiger partial charge is 0.256 e. The number of furan rings is 1. The molecule has 0 fully saturated rings. The second-order valence-electron chi connectivity index (χ2n) is 2.41. The Morgan fingerprint density at radius 1 is 1.69 bits per heavy atom. The van der Waals surface area contributed by atoms with E-state index in [1.807, 2.05) is 0 Å². The lowest BCUT2D eigenvalue weighted by Crippen LogP contribution is -2.24. The molecule has 0 aliphatic heterocycles. The van der Waals surface area contributed by atoms with Crippen molar-refractivity contribution in [3.05, 3.63) is 23.1 Å². The normalized spacial score (nSPS) is 10.0. The topological polar surface area (TPSA) is 42.2 Å². The largest absolute Gasteiger partial charge is 0.452 e. The number of alkyl halides is 1. The average molecular weight is 267 g/mol. The van der Waals surface area contributed by atoms with Crippen molar-refractivity contribution in [1.29, 1.82) is 0 Å². The van der Waals surface area contributed by atoms with E-state index in [1.165, 1.54) is 6.26 Å². The lowest BCUT2D eigenvalue weighted by Gasteiger charge is -2.00. The van der Waals surface area contributed by atoms with E-state index in [1.54, 1.807) is 6.07 Å². The summed E-state index contributed by atoms with van der Waals surface area (Å²) in [6.45, 7) is 0.631. The zero-order valence-corrected chi connectivity index (χ0v) is 9.19. The maximum absolute atomic E-state index is 11.3. The number of hydrogen-bond acceptors (Lipinski definition) is 2. The van der Waals surface area contributed by atoms with Gasteiger partial charge in [-0.05, 0) is 24.1 Å². The number of hydrogen-bond donors (Lipinski definition) is 1. The Bertz CT molecular complexity index is 287. The van der Waals surface area contributed by atoms with Crippen LogP contribution in [0, 0.1) is 0 Å². The SMILES string of the molecule is O=C(NCCCBr)c1ccoc1Cl. The number of carbonyl (C=O) groups is 1. The van der Waals surface area contributed by atoms with E-state index in [0.717, 1.165) is 11.8 Å². The number of rotatable bonds is 4. The van der Waals surface area contributed by atoms with Gasteiger partial charge in [0.2, 0.25) is 5.22 Å². The predicted molar refractivity (Wildman–Crippen MR) is 54.5 cm³/mol. The zero-order valence-electron chi connectivity index (χ0n) is 6.85. The Morgan fingerprint density at radius 2 is 2.46 bits per heavy atom. The van der Waals surface area contributed by atoms with Gasteiger partial charge in [-0.2, -0.15) is 0 Å². The number of amides is 1. The molecule has 3 nitrogen and oxygen atoms in total. The molecule has 1 heterocycles. The molecule has 0 bridgehead atoms. The van der Waals surface area contributed by atoms with Crippen LogP contribution in [0.1, 0.15) is 16.8 Å². The third kappa shape index (κ3) is 3.04. The molecule has 1 aromatic heterocycles. The van der Waals surface area contributed by atoms with Gasteiger partial charge in [0.15, 0.2) is 0 Å². The van der Waals surface area contributed by atoms with E-state index in [4.69, 9.17) is 16.0 Å². The van der Waals surface area contributed by atoms with Gasteiger partial charge in [-0.1, -0.05) is 15.9 Å². The predicted octanol–water partition coefficient (Wildman–Crippen LogP) is 2.45. The van der Waals surface area contributed by atoms with Crippen LogP contribution >= 0.6 is 27.5 Å². The van der Waals surface area contributed by atoms with E-state index < -0.39 is 0 Å². The van der Waals surface area contributed by atoms with Crippen molar-refractivity contribution in [2.45, 2.75) is 6.42 Å². The van der Waals surface area contributed by atoms with Crippen LogP contribution in [0.5, 0.6) is 0 Å². The van der Waals surface area contributed by atoms with Crippen LogP contribution in [0.3, 0.4) is 0 Å². The number of carbonyl (C=O) groups excluding carboxylic acids is 1. The van der Waals surface area contributed by atoms with Gasteiger partial charge in [-0.15, -0.1) is 0 Å². The minimum atomic E-state index is -0.195. The molecular weight excluding hydrogens is 257 g/mol. The second-order valence-corrected chi connectivity index (χ2v) is 3.54. The molecule has 0 saturated carbocycles. The first-order valence-electron chi connectivity index (χ1n) is 3.83. The Kier molecular flexibility index (Phi) is 4.32. The average Bonchev–Trinajstić information content (AvgIpc) is 2.52. The molecule has 5 heteroatoms. The molecule has 13 heavy (non-hydrogen) atoms. The van der Waals surface area contributed by atoms with E-state index in [9.17, 15) is 4.79 Å². The molecule has 1 N–H and O–H groups in total. The first kappa shape index (κ1) is 10.6. The van der Waals surface area contributed by atoms with Crippen LogP contribution in [0.4, 0.5) is 0 Å². The summed E-state index contributed by atoms with van der Waals surface area (Å²) < 4.78 is 4.79. The van der Waals surface area contributed by atoms with Crippen LogP contribution in [0.2, 0.25) is 5.22 Å². The highest BCUT2D eigenvalue weighted by Gasteiger charge is 2.11. The molecule has 0 saturated heterocycles. The van der Waals surface area contributed by atoms with E-state index >= 15 is 0 Å². The molecule has 1 rings (SSSR count). The third-order valence-electron chi connectivity index (χ3n) is 1.46. The monoisotopic (exact) mass is 265 g/mol. The Hall–Kier alpha value is -0.480. The highest BCUT2D eigenvalue weighted by atomic mass is 79.9. The van der Waals surface area contributed by atoms with Crippen molar-refractivity contribution in [3.63, 3.8) is 0 Å². The summed E-state index contributed by atoms with van der Waals surface area (Å²) in [5.74, 6) is -0.195. The van der Waals surface area contributed by atoms with E-state index in [0.29, 0.717) is 12.1 Å². The quantitative estimate of drug-likeness (QED) is 0.672. The van der Waals surface area contributed by atoms with Crippen molar-refractivity contribution in [3.8, 4) is 0 Å². The fourth-order valence-electron chi connectivity index (χ4n) is 0.820. The Labute approximate surface area is 89.6 Å². The maximum atomic E-state index is 11.3. The fourth-order valence-corrected chi connectivity index (χ4v) is 1.30. The van der Waals surface area contributed by atoms with Gasteiger partial charge >= 0.3 is 0 Å². The van der Waals surface area contributed by atoms with Crippen molar-refractivity contribution < 1.29 is 9.21 Å². The van der Waals surface area contributed by atoms with Crippen LogP contribution in [-0.2, 0) is 0 Å². The molecule has 1 amide bonds. The molecular formula is C8H9BrClNO2. The van der Waals surface area contributed by atoms with E-state index in [-0.39, 0.29) is 11.1 Å². The van der Waals surface area contributed by atoms with Gasteiger partial charge in [0, 0.05) is 11.9 Å². The van der Waals surface area contributed by atoms with Gasteiger partial charge in [-0.3, -0.25) is 4.79 Å². The van der Waals surface area contributed by atoms with Crippen LogP contribution in [-0.4, -0.2) is 17.8 Å². The van der Waals surface area contributed by atoms with Crippen LogP contribution in [0.25, 0.3) is 0 Å². The summed E-state index contributed by atoms with van der Waals surface area (Å²) in [5, 5.41) is 3.72. The summed E-state index contributed by atoms with van der Waals surface area (Å²) in [6.07, 6.45) is 2.28. The molecule has 72 valence electrons. The third-order valence-corrected chi connectivity index (χ3v) is 2.31. The molecule has 1 aromatic rings. The first-order valence-corrected chi connectivity index (χ1v) is 5.33. The minimum Gasteiger partial charge on any atom is -0.452 e. The van der Waals surface area contributed by atoms with Crippen LogP contribution < -0.4 is 5.32 Å². The standard InChI is InChI=1S/C8H9BrClNO2/c9-3-1-4-11-8(12)6-2-5-13-7(6)10/h2,5H,1,3-4H2,(H,11,12). The van der Waals surface area contributed by atoms with Gasteiger partial charge in [0.1, 0.15) is 0 Å². The highest BCUT2D eigenvalue weighted by Crippen LogP contribution is 2.15. The molecule has 0 aliphatic carbocycles. The lowest BCUT2D eigenvalue weighted by atomic mass is 10.3. The summed E-state index contributed by atoms with van der Waals surface area (Å²) in [7, 11) is 0. The second kappa shape index (κ2) is 5.29. The molecule has 0 atom stereocenters. The van der Waals surface area contributed by atoms with Crippen LogP contribution in [0.15, 0.2) is 16.7 Å². The summed E-state index contributed by atoms with van der Waals surface area (Å²) in [5.41, 5.74) is 0.385. The molecule has 0 aromatic carbocycles. The van der Waals surface area contributed by atoms with Gasteiger partial charge in [0.25, 0.3) is 5.91 Å².